The van der Waals surface area contributed by atoms with Crippen molar-refractivity contribution >= 4 is 17.5 Å². The van der Waals surface area contributed by atoms with Crippen LogP contribution in [0.4, 0.5) is 4.39 Å². The first-order valence-electron chi connectivity index (χ1n) is 10.2. The second-order valence-electron chi connectivity index (χ2n) is 8.10. The highest BCUT2D eigenvalue weighted by molar-refractivity contribution is 6.30. The molecule has 2 aliphatic heterocycles. The number of halogens is 2. The average Bonchev–Trinajstić information content (AvgIpc) is 2.99. The number of ether oxygens (including phenoxy) is 1. The van der Waals surface area contributed by atoms with E-state index in [-0.39, 0.29) is 30.4 Å². The van der Waals surface area contributed by atoms with Gasteiger partial charge >= 0.3 is 0 Å². The van der Waals surface area contributed by atoms with Crippen molar-refractivity contribution in [2.24, 2.45) is 11.7 Å². The number of benzene rings is 2. The molecule has 2 bridgehead atoms. The van der Waals surface area contributed by atoms with Gasteiger partial charge in [0, 0.05) is 29.2 Å². The molecule has 29 heavy (non-hydrogen) atoms. The molecule has 2 fully saturated rings. The maximum Gasteiger partial charge on any atom is 0.261 e. The van der Waals surface area contributed by atoms with Gasteiger partial charge in [-0.3, -0.25) is 4.79 Å². The zero-order chi connectivity index (χ0) is 20.4. The summed E-state index contributed by atoms with van der Waals surface area (Å²) in [5.41, 5.74) is 7.72. The first-order chi connectivity index (χ1) is 14.0. The van der Waals surface area contributed by atoms with Crippen molar-refractivity contribution in [2.45, 2.75) is 50.7 Å². The first-order valence-corrected chi connectivity index (χ1v) is 10.6. The van der Waals surface area contributed by atoms with Gasteiger partial charge in [-0.25, -0.2) is 4.39 Å². The highest BCUT2D eigenvalue weighted by Gasteiger charge is 2.43. The Hall–Kier alpha value is -2.11. The first kappa shape index (κ1) is 20.2. The summed E-state index contributed by atoms with van der Waals surface area (Å²) in [5, 5.41) is 0.602. The van der Waals surface area contributed by atoms with Crippen LogP contribution in [0.5, 0.6) is 5.75 Å². The summed E-state index contributed by atoms with van der Waals surface area (Å²) in [6.45, 7) is 0.328. The molecule has 2 aliphatic rings. The number of carbonyl (C=O) groups excluding carboxylic acids is 1. The predicted molar refractivity (Wildman–Crippen MR) is 111 cm³/mol. The minimum Gasteiger partial charge on any atom is -0.483 e. The van der Waals surface area contributed by atoms with Crippen molar-refractivity contribution < 1.29 is 13.9 Å². The van der Waals surface area contributed by atoms with E-state index in [4.69, 9.17) is 22.1 Å². The van der Waals surface area contributed by atoms with Crippen LogP contribution in [0.2, 0.25) is 5.02 Å². The third kappa shape index (κ3) is 4.57. The Kier molecular flexibility index (Phi) is 6.07. The highest BCUT2D eigenvalue weighted by atomic mass is 35.5. The quantitative estimate of drug-likeness (QED) is 0.762. The number of rotatable bonds is 6. The van der Waals surface area contributed by atoms with Gasteiger partial charge in [0.05, 0.1) is 0 Å². The zero-order valence-corrected chi connectivity index (χ0v) is 17.1. The summed E-state index contributed by atoms with van der Waals surface area (Å²) in [7, 11) is 0. The van der Waals surface area contributed by atoms with E-state index >= 15 is 0 Å². The number of fused-ring (bicyclic) bond motifs is 2. The summed E-state index contributed by atoms with van der Waals surface area (Å²) < 4.78 is 18.9. The van der Waals surface area contributed by atoms with E-state index in [0.717, 1.165) is 43.2 Å². The number of piperidine rings is 1. The Balaban J connectivity index is 1.35. The standard InChI is InChI=1S/C23H26ClFN2O2/c24-18-3-8-22(17(12-18)13-26)29-14-23(28)27-20-6-7-21(27)11-16(10-20)9-15-1-4-19(25)5-2-15/h1-5,8,12,16,20-21H,6-7,9-11,13-14,26H2. The maximum atomic E-state index is 13.1. The summed E-state index contributed by atoms with van der Waals surface area (Å²) in [6.07, 6.45) is 5.02. The molecule has 0 aliphatic carbocycles. The largest absolute Gasteiger partial charge is 0.483 e. The van der Waals surface area contributed by atoms with Crippen LogP contribution in [0.25, 0.3) is 0 Å². The van der Waals surface area contributed by atoms with Gasteiger partial charge in [-0.05, 0) is 73.9 Å². The van der Waals surface area contributed by atoms with Gasteiger partial charge in [-0.15, -0.1) is 0 Å². The molecule has 2 atom stereocenters. The Morgan fingerprint density at radius 1 is 1.14 bits per heavy atom. The lowest BCUT2D eigenvalue weighted by Crippen LogP contribution is -2.48. The molecule has 2 N–H and O–H groups in total. The molecular weight excluding hydrogens is 391 g/mol. The zero-order valence-electron chi connectivity index (χ0n) is 16.3. The number of hydrogen-bond acceptors (Lipinski definition) is 3. The molecule has 1 amide bonds. The summed E-state index contributed by atoms with van der Waals surface area (Å²) in [5.74, 6) is 0.982. The number of nitrogens with two attached hydrogens (primary N) is 1. The van der Waals surface area contributed by atoms with Crippen molar-refractivity contribution in [3.8, 4) is 5.75 Å². The third-order valence-electron chi connectivity index (χ3n) is 6.15. The van der Waals surface area contributed by atoms with Crippen molar-refractivity contribution in [3.05, 3.63) is 64.4 Å². The van der Waals surface area contributed by atoms with Gasteiger partial charge in [0.15, 0.2) is 6.61 Å². The van der Waals surface area contributed by atoms with E-state index < -0.39 is 0 Å². The van der Waals surface area contributed by atoms with Crippen LogP contribution in [0.15, 0.2) is 42.5 Å². The van der Waals surface area contributed by atoms with Crippen molar-refractivity contribution in [3.63, 3.8) is 0 Å². The van der Waals surface area contributed by atoms with Crippen LogP contribution < -0.4 is 10.5 Å². The Morgan fingerprint density at radius 2 is 1.83 bits per heavy atom. The van der Waals surface area contributed by atoms with Crippen molar-refractivity contribution in [1.82, 2.24) is 4.90 Å². The van der Waals surface area contributed by atoms with E-state index in [0.29, 0.717) is 23.2 Å². The fourth-order valence-electron chi connectivity index (χ4n) is 4.88. The second-order valence-corrected chi connectivity index (χ2v) is 8.54. The molecule has 4 rings (SSSR count). The van der Waals surface area contributed by atoms with E-state index in [9.17, 15) is 9.18 Å². The van der Waals surface area contributed by atoms with Crippen LogP contribution in [-0.2, 0) is 17.8 Å². The van der Waals surface area contributed by atoms with Gasteiger partial charge in [0.2, 0.25) is 0 Å². The predicted octanol–water partition coefficient (Wildman–Crippen LogP) is 4.33. The van der Waals surface area contributed by atoms with E-state index in [2.05, 4.69) is 0 Å². The van der Waals surface area contributed by atoms with E-state index in [1.165, 1.54) is 12.1 Å². The fraction of sp³-hybridized carbons (Fsp3) is 0.435. The molecule has 0 spiro atoms. The molecule has 4 nitrogen and oxygen atoms in total. The molecule has 2 saturated heterocycles. The van der Waals surface area contributed by atoms with Crippen molar-refractivity contribution in [1.29, 1.82) is 0 Å². The molecule has 2 heterocycles. The maximum absolute atomic E-state index is 13.1. The molecule has 154 valence electrons. The number of hydrogen-bond donors (Lipinski definition) is 1. The number of nitrogens with zero attached hydrogens (tertiary/aromatic N) is 1. The van der Waals surface area contributed by atoms with Gasteiger partial charge in [0.1, 0.15) is 11.6 Å². The molecule has 0 radical (unpaired) electrons. The van der Waals surface area contributed by atoms with Crippen molar-refractivity contribution in [2.75, 3.05) is 6.61 Å². The highest BCUT2D eigenvalue weighted by Crippen LogP contribution is 2.40. The van der Waals surface area contributed by atoms with Crippen LogP contribution in [0.3, 0.4) is 0 Å². The molecular formula is C23H26ClFN2O2. The Bertz CT molecular complexity index is 860. The lowest BCUT2D eigenvalue weighted by Gasteiger charge is -2.39. The molecule has 0 aromatic heterocycles. The molecule has 0 saturated carbocycles. The third-order valence-corrected chi connectivity index (χ3v) is 6.39. The molecule has 2 unspecified atom stereocenters. The molecule has 6 heteroatoms. The normalized spacial score (nSPS) is 23.3. The summed E-state index contributed by atoms with van der Waals surface area (Å²) >= 11 is 6.00. The average molecular weight is 417 g/mol. The van der Waals surface area contributed by atoms with Gasteiger partial charge < -0.3 is 15.4 Å². The monoisotopic (exact) mass is 416 g/mol. The molecule has 2 aromatic rings. The summed E-state index contributed by atoms with van der Waals surface area (Å²) in [4.78, 5) is 14.9. The summed E-state index contributed by atoms with van der Waals surface area (Å²) in [6, 6.07) is 12.6. The number of carbonyl (C=O) groups is 1. The SMILES string of the molecule is NCc1cc(Cl)ccc1OCC(=O)N1C2CCC1CC(Cc1ccc(F)cc1)C2. The van der Waals surface area contributed by atoms with Crippen LogP contribution >= 0.6 is 11.6 Å². The lowest BCUT2D eigenvalue weighted by atomic mass is 9.86. The topological polar surface area (TPSA) is 55.6 Å². The van der Waals surface area contributed by atoms with Crippen LogP contribution in [0, 0.1) is 11.7 Å². The number of amides is 1. The smallest absolute Gasteiger partial charge is 0.261 e. The minimum absolute atomic E-state index is 0.0181. The van der Waals surface area contributed by atoms with Crippen LogP contribution in [0.1, 0.15) is 36.8 Å². The molecule has 2 aromatic carbocycles. The lowest BCUT2D eigenvalue weighted by molar-refractivity contribution is -0.138. The Morgan fingerprint density at radius 3 is 2.48 bits per heavy atom. The minimum atomic E-state index is -0.201. The second kappa shape index (κ2) is 8.72. The van der Waals surface area contributed by atoms with E-state index in [1.807, 2.05) is 17.0 Å². The van der Waals surface area contributed by atoms with Gasteiger partial charge in [0.25, 0.3) is 5.91 Å². The van der Waals surface area contributed by atoms with E-state index in [1.54, 1.807) is 18.2 Å². The van der Waals surface area contributed by atoms with Gasteiger partial charge in [-0.1, -0.05) is 23.7 Å². The Labute approximate surface area is 175 Å². The fourth-order valence-corrected chi connectivity index (χ4v) is 5.07. The van der Waals surface area contributed by atoms with Crippen LogP contribution in [-0.4, -0.2) is 29.5 Å². The van der Waals surface area contributed by atoms with Gasteiger partial charge in [-0.2, -0.15) is 0 Å².